The monoisotopic (exact) mass is 310 g/mol. The van der Waals surface area contributed by atoms with E-state index in [9.17, 15) is 20.4 Å². The maximum absolute atomic E-state index is 10.1. The molecule has 6 N–H and O–H groups in total. The zero-order chi connectivity index (χ0) is 16.0. The molecule has 22 heavy (non-hydrogen) atoms. The summed E-state index contributed by atoms with van der Waals surface area (Å²) in [5, 5.41) is 39.6. The van der Waals surface area contributed by atoms with Crippen LogP contribution in [0.1, 0.15) is 24.8 Å². The van der Waals surface area contributed by atoms with E-state index in [1.807, 2.05) is 0 Å². The van der Waals surface area contributed by atoms with Gasteiger partial charge in [0.05, 0.1) is 18.1 Å². The lowest BCUT2D eigenvalue weighted by atomic mass is 10.1. The maximum Gasteiger partial charge on any atom is 0.164 e. The molecule has 0 bridgehead atoms. The van der Waals surface area contributed by atoms with Gasteiger partial charge in [0.2, 0.25) is 0 Å². The summed E-state index contributed by atoms with van der Waals surface area (Å²) >= 11 is 0. The first-order chi connectivity index (χ1) is 10.5. The third kappa shape index (κ3) is 2.14. The summed E-state index contributed by atoms with van der Waals surface area (Å²) in [6, 6.07) is 0. The minimum absolute atomic E-state index is 0.200. The summed E-state index contributed by atoms with van der Waals surface area (Å²) in [5.41, 5.74) is 6.72. The number of nitrogens with zero attached hydrogens (tertiary/aromatic N) is 3. The second kappa shape index (κ2) is 5.45. The molecule has 0 spiro atoms. The molecular formula is C13H18N4O5. The Labute approximate surface area is 125 Å². The van der Waals surface area contributed by atoms with Crippen LogP contribution >= 0.6 is 0 Å². The molecule has 2 unspecified atom stereocenters. The van der Waals surface area contributed by atoms with Gasteiger partial charge in [0.15, 0.2) is 6.23 Å². The molecule has 9 heteroatoms. The van der Waals surface area contributed by atoms with Crippen molar-refractivity contribution in [2.45, 2.75) is 37.6 Å². The number of anilines is 1. The van der Waals surface area contributed by atoms with Crippen LogP contribution in [0.4, 0.5) is 5.82 Å². The van der Waals surface area contributed by atoms with Crippen molar-refractivity contribution in [1.29, 1.82) is 0 Å². The number of nitrogen functional groups attached to an aromatic ring is 1. The lowest BCUT2D eigenvalue weighted by Gasteiger charge is -2.17. The molecule has 1 fully saturated rings. The zero-order valence-corrected chi connectivity index (χ0v) is 11.9. The van der Waals surface area contributed by atoms with Crippen molar-refractivity contribution in [1.82, 2.24) is 14.5 Å². The highest BCUT2D eigenvalue weighted by molar-refractivity contribution is 5.90. The molecule has 0 aromatic carbocycles. The van der Waals surface area contributed by atoms with Crippen LogP contribution in [-0.2, 0) is 4.74 Å². The van der Waals surface area contributed by atoms with Crippen molar-refractivity contribution >= 4 is 16.9 Å². The summed E-state index contributed by atoms with van der Waals surface area (Å²) in [7, 11) is 0. The second-order valence-corrected chi connectivity index (χ2v) is 5.35. The van der Waals surface area contributed by atoms with Crippen molar-refractivity contribution in [3.05, 3.63) is 18.1 Å². The van der Waals surface area contributed by atoms with Crippen molar-refractivity contribution in [3.63, 3.8) is 0 Å². The average molecular weight is 310 g/mol. The largest absolute Gasteiger partial charge is 0.394 e. The Bertz CT molecular complexity index is 688. The molecule has 3 heterocycles. The molecule has 0 amide bonds. The van der Waals surface area contributed by atoms with Crippen molar-refractivity contribution < 1.29 is 25.2 Å². The van der Waals surface area contributed by atoms with Crippen LogP contribution in [0, 0.1) is 0 Å². The van der Waals surface area contributed by atoms with Crippen LogP contribution < -0.4 is 5.73 Å². The molecule has 2 aromatic heterocycles. The van der Waals surface area contributed by atoms with Crippen molar-refractivity contribution in [2.24, 2.45) is 0 Å². The molecular weight excluding hydrogens is 292 g/mol. The van der Waals surface area contributed by atoms with Gasteiger partial charge in [-0.05, 0) is 6.92 Å². The van der Waals surface area contributed by atoms with Crippen LogP contribution in [0.2, 0.25) is 0 Å². The molecule has 9 nitrogen and oxygen atoms in total. The van der Waals surface area contributed by atoms with E-state index in [0.29, 0.717) is 16.6 Å². The minimum Gasteiger partial charge on any atom is -0.394 e. The van der Waals surface area contributed by atoms with Gasteiger partial charge in [-0.3, -0.25) is 0 Å². The van der Waals surface area contributed by atoms with Crippen molar-refractivity contribution in [3.8, 4) is 0 Å². The van der Waals surface area contributed by atoms with Gasteiger partial charge in [-0.15, -0.1) is 0 Å². The highest BCUT2D eigenvalue weighted by atomic mass is 16.6. The lowest BCUT2D eigenvalue weighted by Crippen LogP contribution is -2.33. The number of aliphatic hydroxyl groups excluding tert-OH is 4. The van der Waals surface area contributed by atoms with Gasteiger partial charge in [0.1, 0.15) is 36.1 Å². The van der Waals surface area contributed by atoms with E-state index in [1.165, 1.54) is 10.9 Å². The van der Waals surface area contributed by atoms with Gasteiger partial charge in [-0.1, -0.05) is 0 Å². The first-order valence-electron chi connectivity index (χ1n) is 6.87. The Morgan fingerprint density at radius 3 is 2.68 bits per heavy atom. The third-order valence-electron chi connectivity index (χ3n) is 3.91. The predicted octanol–water partition coefficient (Wildman–Crippen LogP) is -1.32. The Morgan fingerprint density at radius 1 is 1.36 bits per heavy atom. The maximum atomic E-state index is 10.1. The number of rotatable bonds is 3. The van der Waals surface area contributed by atoms with Gasteiger partial charge < -0.3 is 35.5 Å². The topological polar surface area (TPSA) is 147 Å². The second-order valence-electron chi connectivity index (χ2n) is 5.35. The quantitative estimate of drug-likeness (QED) is 0.469. The Balaban J connectivity index is 2.14. The van der Waals surface area contributed by atoms with E-state index in [1.54, 1.807) is 13.1 Å². The molecule has 1 aliphatic rings. The fraction of sp³-hybridized carbons (Fsp3) is 0.538. The summed E-state index contributed by atoms with van der Waals surface area (Å²) in [6.45, 7) is 1.15. The zero-order valence-electron chi connectivity index (χ0n) is 11.9. The fourth-order valence-electron chi connectivity index (χ4n) is 2.76. The molecule has 5 atom stereocenters. The van der Waals surface area contributed by atoms with E-state index in [2.05, 4.69) is 9.97 Å². The first kappa shape index (κ1) is 15.1. The van der Waals surface area contributed by atoms with Crippen LogP contribution in [0.5, 0.6) is 0 Å². The lowest BCUT2D eigenvalue weighted by molar-refractivity contribution is -0.0510. The fourth-order valence-corrected chi connectivity index (χ4v) is 2.76. The van der Waals surface area contributed by atoms with Crippen LogP contribution in [0.15, 0.2) is 12.5 Å². The van der Waals surface area contributed by atoms with E-state index < -0.39 is 37.3 Å². The van der Waals surface area contributed by atoms with Crippen LogP contribution in [-0.4, -0.2) is 59.9 Å². The van der Waals surface area contributed by atoms with Gasteiger partial charge >= 0.3 is 0 Å². The third-order valence-corrected chi connectivity index (χ3v) is 3.91. The number of hydrogen-bond acceptors (Lipinski definition) is 8. The van der Waals surface area contributed by atoms with Crippen molar-refractivity contribution in [2.75, 3.05) is 12.3 Å². The molecule has 1 aliphatic heterocycles. The molecule has 2 aromatic rings. The van der Waals surface area contributed by atoms with Gasteiger partial charge in [0, 0.05) is 11.8 Å². The van der Waals surface area contributed by atoms with E-state index in [0.717, 1.165) is 0 Å². The summed E-state index contributed by atoms with van der Waals surface area (Å²) in [4.78, 5) is 8.03. The highest BCUT2D eigenvalue weighted by Gasteiger charge is 2.44. The highest BCUT2D eigenvalue weighted by Crippen LogP contribution is 2.36. The Kier molecular flexibility index (Phi) is 3.75. The molecule has 0 radical (unpaired) electrons. The normalized spacial score (nSPS) is 30.0. The first-order valence-corrected chi connectivity index (χ1v) is 6.87. The minimum atomic E-state index is -1.24. The van der Waals surface area contributed by atoms with E-state index in [4.69, 9.17) is 10.5 Å². The van der Waals surface area contributed by atoms with Crippen LogP contribution in [0.3, 0.4) is 0 Å². The number of fused-ring (bicyclic) bond motifs is 1. The summed E-state index contributed by atoms with van der Waals surface area (Å²) in [6.07, 6.45) is -2.31. The SMILES string of the molecule is CC(O)c1cn(C2O[C@H](CO)[C@@H](O)[C@H]2O)c2ncnc(N)c12. The molecule has 1 saturated heterocycles. The predicted molar refractivity (Wildman–Crippen MR) is 75.6 cm³/mol. The standard InChI is InChI=1S/C13H18N4O5/c1-5(19)6-2-17(12-8(6)11(14)15-4-16-12)13-10(21)9(20)7(3-18)22-13/h2,4-5,7,9-10,13,18-21H,3H2,1H3,(H2,14,15,16)/t5?,7-,9-,10-,13?/m1/s1. The summed E-state index contributed by atoms with van der Waals surface area (Å²) < 4.78 is 6.98. The Morgan fingerprint density at radius 2 is 2.09 bits per heavy atom. The van der Waals surface area contributed by atoms with Crippen LogP contribution in [0.25, 0.3) is 11.0 Å². The smallest absolute Gasteiger partial charge is 0.164 e. The Hall–Kier alpha value is -1.78. The van der Waals surface area contributed by atoms with Gasteiger partial charge in [0.25, 0.3) is 0 Å². The molecule has 120 valence electrons. The number of nitrogens with two attached hydrogens (primary N) is 1. The van der Waals surface area contributed by atoms with Gasteiger partial charge in [-0.25, -0.2) is 9.97 Å². The molecule has 0 saturated carbocycles. The number of aliphatic hydroxyl groups is 4. The number of ether oxygens (including phenoxy) is 1. The number of hydrogen-bond donors (Lipinski definition) is 5. The van der Waals surface area contributed by atoms with Gasteiger partial charge in [-0.2, -0.15) is 0 Å². The van der Waals surface area contributed by atoms with E-state index >= 15 is 0 Å². The average Bonchev–Trinajstić information content (AvgIpc) is 3.00. The molecule has 0 aliphatic carbocycles. The summed E-state index contributed by atoms with van der Waals surface area (Å²) in [5.74, 6) is 0.200. The number of aromatic nitrogens is 3. The molecule has 3 rings (SSSR count). The van der Waals surface area contributed by atoms with E-state index in [-0.39, 0.29) is 5.82 Å².